The Morgan fingerprint density at radius 1 is 1.29 bits per heavy atom. The van der Waals surface area contributed by atoms with E-state index in [0.29, 0.717) is 12.6 Å². The molecule has 5 nitrogen and oxygen atoms in total. The zero-order chi connectivity index (χ0) is 16.5. The number of nitrogens with zero attached hydrogens (tertiary/aromatic N) is 3. The van der Waals surface area contributed by atoms with Crippen molar-refractivity contribution in [3.63, 3.8) is 0 Å². The van der Waals surface area contributed by atoms with E-state index in [9.17, 15) is 4.79 Å². The Labute approximate surface area is 144 Å². The van der Waals surface area contributed by atoms with Crippen molar-refractivity contribution < 1.29 is 9.53 Å². The summed E-state index contributed by atoms with van der Waals surface area (Å²) in [4.78, 5) is 21.4. The molecular formula is C19H27N3O2. The molecule has 1 saturated carbocycles. The maximum absolute atomic E-state index is 12.7. The molecule has 0 spiro atoms. The number of ether oxygens (including phenoxy) is 1. The number of fused-ring (bicyclic) bond motifs is 1. The number of carbonyl (C=O) groups excluding carboxylic acids is 1. The molecule has 1 aromatic heterocycles. The number of amides is 1. The SMILES string of the molecule is CN(Cc1ccccn1)C(=O)[C@@H]1CC[C@H]2[C@H](CCN2CC2CC2)O1. The van der Waals surface area contributed by atoms with Crippen LogP contribution in [0.4, 0.5) is 0 Å². The van der Waals surface area contributed by atoms with Crippen LogP contribution >= 0.6 is 0 Å². The van der Waals surface area contributed by atoms with Gasteiger partial charge in [0.1, 0.15) is 6.10 Å². The Bertz CT molecular complexity index is 575. The zero-order valence-electron chi connectivity index (χ0n) is 14.4. The lowest BCUT2D eigenvalue weighted by Crippen LogP contribution is -2.48. The van der Waals surface area contributed by atoms with Gasteiger partial charge in [0.2, 0.25) is 0 Å². The van der Waals surface area contributed by atoms with Crippen molar-refractivity contribution in [3.8, 4) is 0 Å². The van der Waals surface area contributed by atoms with Crippen LogP contribution in [0.3, 0.4) is 0 Å². The first-order chi connectivity index (χ1) is 11.7. The average molecular weight is 329 g/mol. The molecule has 0 radical (unpaired) electrons. The summed E-state index contributed by atoms with van der Waals surface area (Å²) in [6.07, 6.45) is 7.53. The van der Waals surface area contributed by atoms with Crippen molar-refractivity contribution in [2.75, 3.05) is 20.1 Å². The lowest BCUT2D eigenvalue weighted by molar-refractivity contribution is -0.153. The van der Waals surface area contributed by atoms with E-state index < -0.39 is 0 Å². The maximum atomic E-state index is 12.7. The molecule has 1 aliphatic carbocycles. The maximum Gasteiger partial charge on any atom is 0.251 e. The molecule has 1 aromatic rings. The molecule has 0 N–H and O–H groups in total. The van der Waals surface area contributed by atoms with Crippen LogP contribution in [0, 0.1) is 5.92 Å². The second-order valence-corrected chi connectivity index (χ2v) is 7.55. The number of hydrogen-bond acceptors (Lipinski definition) is 4. The first-order valence-corrected chi connectivity index (χ1v) is 9.25. The van der Waals surface area contributed by atoms with E-state index in [-0.39, 0.29) is 18.1 Å². The Kier molecular flexibility index (Phi) is 4.55. The number of likely N-dealkylation sites (N-methyl/N-ethyl adjacent to an activating group) is 1. The predicted octanol–water partition coefficient (Wildman–Crippen LogP) is 2.07. The van der Waals surface area contributed by atoms with Crippen LogP contribution in [0.2, 0.25) is 0 Å². The van der Waals surface area contributed by atoms with E-state index in [4.69, 9.17) is 4.74 Å². The molecule has 3 atom stereocenters. The monoisotopic (exact) mass is 329 g/mol. The van der Waals surface area contributed by atoms with Crippen molar-refractivity contribution in [2.45, 2.75) is 56.9 Å². The first-order valence-electron chi connectivity index (χ1n) is 9.25. The highest BCUT2D eigenvalue weighted by Gasteiger charge is 2.43. The summed E-state index contributed by atoms with van der Waals surface area (Å²) in [5, 5.41) is 0. The van der Waals surface area contributed by atoms with Gasteiger partial charge < -0.3 is 9.64 Å². The largest absolute Gasteiger partial charge is 0.363 e. The summed E-state index contributed by atoms with van der Waals surface area (Å²) in [6, 6.07) is 6.34. The van der Waals surface area contributed by atoms with Gasteiger partial charge in [0, 0.05) is 32.4 Å². The number of carbonyl (C=O) groups is 1. The Hall–Kier alpha value is -1.46. The Balaban J connectivity index is 1.32. The molecule has 0 aromatic carbocycles. The van der Waals surface area contributed by atoms with Crippen LogP contribution in [0.1, 0.15) is 37.8 Å². The summed E-state index contributed by atoms with van der Waals surface area (Å²) >= 11 is 0. The topological polar surface area (TPSA) is 45.7 Å². The van der Waals surface area contributed by atoms with Gasteiger partial charge in [-0.3, -0.25) is 14.7 Å². The summed E-state index contributed by atoms with van der Waals surface area (Å²) in [7, 11) is 1.85. The lowest BCUT2D eigenvalue weighted by atomic mass is 9.98. The third-order valence-electron chi connectivity index (χ3n) is 5.63. The number of pyridine rings is 1. The molecular weight excluding hydrogens is 302 g/mol. The molecule has 3 aliphatic rings. The summed E-state index contributed by atoms with van der Waals surface area (Å²) < 4.78 is 6.21. The number of rotatable bonds is 5. The van der Waals surface area contributed by atoms with Crippen LogP contribution in [-0.4, -0.2) is 59.1 Å². The van der Waals surface area contributed by atoms with Crippen LogP contribution in [-0.2, 0) is 16.1 Å². The highest BCUT2D eigenvalue weighted by atomic mass is 16.5. The van der Waals surface area contributed by atoms with Crippen LogP contribution in [0.15, 0.2) is 24.4 Å². The number of aromatic nitrogens is 1. The standard InChI is InChI=1S/C19H27N3O2/c1-21(13-15-4-2-3-10-20-15)19(23)18-8-7-16-17(24-18)9-11-22(16)12-14-5-6-14/h2-4,10,14,16-18H,5-9,11-13H2,1H3/t16-,17-,18-/m0/s1. The van der Waals surface area contributed by atoms with Crippen LogP contribution in [0.5, 0.6) is 0 Å². The zero-order valence-corrected chi connectivity index (χ0v) is 14.4. The van der Waals surface area contributed by atoms with Gasteiger partial charge in [-0.1, -0.05) is 6.07 Å². The minimum Gasteiger partial charge on any atom is -0.363 e. The fourth-order valence-corrected chi connectivity index (χ4v) is 4.11. The van der Waals surface area contributed by atoms with Crippen molar-refractivity contribution in [3.05, 3.63) is 30.1 Å². The number of hydrogen-bond donors (Lipinski definition) is 0. The summed E-state index contributed by atoms with van der Waals surface area (Å²) in [5.74, 6) is 1.02. The Morgan fingerprint density at radius 3 is 2.92 bits per heavy atom. The van der Waals surface area contributed by atoms with Gasteiger partial charge in [0.25, 0.3) is 5.91 Å². The molecule has 24 heavy (non-hydrogen) atoms. The highest BCUT2D eigenvalue weighted by Crippen LogP contribution is 2.36. The number of likely N-dealkylation sites (tertiary alicyclic amines) is 1. The van der Waals surface area contributed by atoms with Gasteiger partial charge in [-0.05, 0) is 50.2 Å². The van der Waals surface area contributed by atoms with E-state index in [2.05, 4.69) is 9.88 Å². The summed E-state index contributed by atoms with van der Waals surface area (Å²) in [6.45, 7) is 2.92. The Morgan fingerprint density at radius 2 is 2.17 bits per heavy atom. The second-order valence-electron chi connectivity index (χ2n) is 7.55. The molecule has 4 rings (SSSR count). The summed E-state index contributed by atoms with van der Waals surface area (Å²) in [5.41, 5.74) is 0.915. The smallest absolute Gasteiger partial charge is 0.251 e. The van der Waals surface area contributed by atoms with Crippen molar-refractivity contribution in [1.82, 2.24) is 14.8 Å². The fourth-order valence-electron chi connectivity index (χ4n) is 4.11. The van der Waals surface area contributed by atoms with Gasteiger partial charge in [-0.25, -0.2) is 0 Å². The highest BCUT2D eigenvalue weighted by molar-refractivity contribution is 5.80. The van der Waals surface area contributed by atoms with E-state index >= 15 is 0 Å². The first kappa shape index (κ1) is 16.0. The van der Waals surface area contributed by atoms with Gasteiger partial charge in [0.05, 0.1) is 18.3 Å². The third kappa shape index (κ3) is 3.47. The molecule has 1 amide bonds. The lowest BCUT2D eigenvalue weighted by Gasteiger charge is -2.36. The molecule has 2 saturated heterocycles. The van der Waals surface area contributed by atoms with Crippen molar-refractivity contribution >= 4 is 5.91 Å². The molecule has 2 aliphatic heterocycles. The van der Waals surface area contributed by atoms with E-state index in [1.807, 2.05) is 25.2 Å². The van der Waals surface area contributed by atoms with E-state index in [0.717, 1.165) is 37.4 Å². The van der Waals surface area contributed by atoms with Gasteiger partial charge in [0.15, 0.2) is 0 Å². The minimum absolute atomic E-state index is 0.0970. The quantitative estimate of drug-likeness (QED) is 0.830. The van der Waals surface area contributed by atoms with Gasteiger partial charge >= 0.3 is 0 Å². The average Bonchev–Trinajstić information content (AvgIpc) is 3.34. The molecule has 5 heteroatoms. The van der Waals surface area contributed by atoms with Crippen LogP contribution < -0.4 is 0 Å². The van der Waals surface area contributed by atoms with Crippen molar-refractivity contribution in [1.29, 1.82) is 0 Å². The fraction of sp³-hybridized carbons (Fsp3) is 0.684. The normalized spacial score (nSPS) is 30.1. The predicted molar refractivity (Wildman–Crippen MR) is 91.3 cm³/mol. The molecule has 0 bridgehead atoms. The van der Waals surface area contributed by atoms with Crippen molar-refractivity contribution in [2.24, 2.45) is 5.92 Å². The van der Waals surface area contributed by atoms with Gasteiger partial charge in [-0.2, -0.15) is 0 Å². The molecule has 3 fully saturated rings. The van der Waals surface area contributed by atoms with Crippen LogP contribution in [0.25, 0.3) is 0 Å². The van der Waals surface area contributed by atoms with E-state index in [1.165, 1.54) is 19.4 Å². The molecule has 0 unspecified atom stereocenters. The third-order valence-corrected chi connectivity index (χ3v) is 5.63. The molecule has 3 heterocycles. The second kappa shape index (κ2) is 6.81. The minimum atomic E-state index is -0.277. The van der Waals surface area contributed by atoms with Gasteiger partial charge in [-0.15, -0.1) is 0 Å². The van der Waals surface area contributed by atoms with E-state index in [1.54, 1.807) is 11.1 Å². The molecule has 130 valence electrons.